The van der Waals surface area contributed by atoms with Gasteiger partial charge >= 0.3 is 65.8 Å². The second kappa shape index (κ2) is 10.9. The van der Waals surface area contributed by atoms with Crippen molar-refractivity contribution in [2.75, 3.05) is 0 Å². The zero-order chi connectivity index (χ0) is 37.7. The number of alkyl halides is 18. The van der Waals surface area contributed by atoms with Gasteiger partial charge in [0.2, 0.25) is 0 Å². The zero-order valence-corrected chi connectivity index (χ0v) is 23.2. The van der Waals surface area contributed by atoms with Crippen molar-refractivity contribution in [3.05, 3.63) is 12.2 Å². The van der Waals surface area contributed by atoms with Crippen LogP contribution in [0.5, 0.6) is 0 Å². The molecule has 0 aliphatic heterocycles. The molecule has 0 heterocycles. The number of hydrogen-bond donors (Lipinski definition) is 0. The molecule has 0 radical (unpaired) electrons. The van der Waals surface area contributed by atoms with Gasteiger partial charge in [-0.05, 0) is 44.9 Å². The van der Waals surface area contributed by atoms with Crippen molar-refractivity contribution in [2.24, 2.45) is 17.8 Å². The van der Waals surface area contributed by atoms with Crippen LogP contribution in [0.15, 0.2) is 12.2 Å². The van der Waals surface area contributed by atoms with E-state index in [1.165, 1.54) is 0 Å². The maximum atomic E-state index is 14.5. The van der Waals surface area contributed by atoms with Crippen molar-refractivity contribution in [1.29, 1.82) is 0 Å². The zero-order valence-electron chi connectivity index (χ0n) is 23.2. The number of halogens is 18. The minimum Gasteiger partial charge on any atom is -0.456 e. The third-order valence-electron chi connectivity index (χ3n) is 8.24. The van der Waals surface area contributed by atoms with Crippen LogP contribution in [-0.2, 0) is 28.6 Å². The summed E-state index contributed by atoms with van der Waals surface area (Å²) in [6.07, 6.45) is -18.9. The van der Waals surface area contributed by atoms with E-state index in [9.17, 15) is 93.4 Å². The van der Waals surface area contributed by atoms with Crippen LogP contribution in [0.3, 0.4) is 0 Å². The van der Waals surface area contributed by atoms with E-state index in [4.69, 9.17) is 4.74 Å². The minimum absolute atomic E-state index is 0.213. The molecule has 276 valence electrons. The Kier molecular flexibility index (Phi) is 8.97. The second-order valence-corrected chi connectivity index (χ2v) is 11.6. The first-order valence-electron chi connectivity index (χ1n) is 12.8. The lowest BCUT2D eigenvalue weighted by Crippen LogP contribution is -2.71. The lowest BCUT2D eigenvalue weighted by atomic mass is 9.51. The Morgan fingerprint density at radius 1 is 0.562 bits per heavy atom. The molecule has 4 aliphatic carbocycles. The van der Waals surface area contributed by atoms with Crippen LogP contribution in [0.25, 0.3) is 0 Å². The summed E-state index contributed by atoms with van der Waals surface area (Å²) in [5.41, 5.74) is -2.21. The predicted octanol–water partition coefficient (Wildman–Crippen LogP) is 7.40. The molecule has 48 heavy (non-hydrogen) atoms. The van der Waals surface area contributed by atoms with Crippen LogP contribution < -0.4 is 0 Å². The van der Waals surface area contributed by atoms with E-state index in [0.717, 1.165) is 6.92 Å². The maximum absolute atomic E-state index is 14.5. The molecular formula is C24H18F18O6. The van der Waals surface area contributed by atoms with Crippen LogP contribution >= 0.6 is 0 Å². The molecule has 0 aromatic carbocycles. The van der Waals surface area contributed by atoms with Gasteiger partial charge in [0.25, 0.3) is 5.79 Å². The van der Waals surface area contributed by atoms with E-state index in [1.807, 2.05) is 0 Å². The monoisotopic (exact) mass is 744 g/mol. The van der Waals surface area contributed by atoms with E-state index in [2.05, 4.69) is 16.1 Å². The van der Waals surface area contributed by atoms with Crippen LogP contribution in [-0.4, -0.2) is 77.2 Å². The summed E-state index contributed by atoms with van der Waals surface area (Å²) in [6, 6.07) is 0. The summed E-state index contributed by atoms with van der Waals surface area (Å²) in [5, 5.41) is 0. The molecule has 0 amide bonds. The van der Waals surface area contributed by atoms with Crippen molar-refractivity contribution in [2.45, 2.75) is 98.3 Å². The minimum atomic E-state index is -7.78. The third-order valence-corrected chi connectivity index (χ3v) is 8.24. The van der Waals surface area contributed by atoms with Gasteiger partial charge in [0.1, 0.15) is 5.60 Å². The van der Waals surface area contributed by atoms with E-state index in [-0.39, 0.29) is 12.0 Å². The Bertz CT molecular complexity index is 1270. The summed E-state index contributed by atoms with van der Waals surface area (Å²) in [4.78, 5) is 36.8. The van der Waals surface area contributed by atoms with E-state index in [1.54, 1.807) is 0 Å². The summed E-state index contributed by atoms with van der Waals surface area (Å²) >= 11 is 0. The van der Waals surface area contributed by atoms with Gasteiger partial charge in [0, 0.05) is 17.4 Å². The number of carbonyl (C=O) groups excluding carboxylic acids is 3. The van der Waals surface area contributed by atoms with Gasteiger partial charge in [0.15, 0.2) is 0 Å². The molecule has 4 rings (SSSR count). The number of hydrogen-bond acceptors (Lipinski definition) is 6. The molecule has 4 bridgehead atoms. The van der Waals surface area contributed by atoms with Gasteiger partial charge in [-0.25, -0.2) is 14.4 Å². The van der Waals surface area contributed by atoms with Gasteiger partial charge in [-0.3, -0.25) is 0 Å². The van der Waals surface area contributed by atoms with E-state index < -0.39 is 121 Å². The highest BCUT2D eigenvalue weighted by Gasteiger charge is 2.87. The topological polar surface area (TPSA) is 78.9 Å². The molecular weight excluding hydrogens is 726 g/mol. The quantitative estimate of drug-likeness (QED) is 0.101. The maximum Gasteiger partial charge on any atom is 0.460 e. The van der Waals surface area contributed by atoms with Crippen LogP contribution in [0.4, 0.5) is 79.0 Å². The number of ether oxygens (including phenoxy) is 3. The Hall–Kier alpha value is -3.11. The Morgan fingerprint density at radius 2 is 0.896 bits per heavy atom. The lowest BCUT2D eigenvalue weighted by Gasteiger charge is -2.62. The molecule has 24 heteroatoms. The van der Waals surface area contributed by atoms with Crippen molar-refractivity contribution in [3.63, 3.8) is 0 Å². The van der Waals surface area contributed by atoms with E-state index in [0.29, 0.717) is 0 Å². The third kappa shape index (κ3) is 5.51. The van der Waals surface area contributed by atoms with Gasteiger partial charge in [0.05, 0.1) is 0 Å². The Labute approximate surface area is 254 Å². The van der Waals surface area contributed by atoms with Crippen molar-refractivity contribution < 1.29 is 108 Å². The SMILES string of the molecule is C=C(C)C(=O)OC12CC3CC(C1)C(OC(=O)C(F)(F)C(F)(F)C(F)(F)C(F)(F)F)(OC(=O)C(F)(F)C(F)(F)C(F)(F)C(F)(F)F)C(C3)C2. The largest absolute Gasteiger partial charge is 0.460 e. The lowest BCUT2D eigenvalue weighted by molar-refractivity contribution is -0.402. The molecule has 4 aliphatic rings. The molecule has 2 atom stereocenters. The molecule has 0 aromatic rings. The highest BCUT2D eigenvalue weighted by atomic mass is 19.4. The first kappa shape index (κ1) is 39.3. The first-order chi connectivity index (χ1) is 21.1. The van der Waals surface area contributed by atoms with Gasteiger partial charge < -0.3 is 14.2 Å². The molecule has 4 saturated carbocycles. The fourth-order valence-electron chi connectivity index (χ4n) is 6.04. The normalized spacial score (nSPS) is 26.6. The fourth-order valence-corrected chi connectivity index (χ4v) is 6.04. The van der Waals surface area contributed by atoms with Crippen molar-refractivity contribution in [1.82, 2.24) is 0 Å². The summed E-state index contributed by atoms with van der Waals surface area (Å²) in [7, 11) is 0. The van der Waals surface area contributed by atoms with Crippen LogP contribution in [0.1, 0.15) is 39.0 Å². The molecule has 0 aromatic heterocycles. The average Bonchev–Trinajstić information content (AvgIpc) is 2.88. The Balaban J connectivity index is 2.15. The molecule has 6 nitrogen and oxygen atoms in total. The summed E-state index contributed by atoms with van der Waals surface area (Å²) in [6.45, 7) is 4.31. The smallest absolute Gasteiger partial charge is 0.456 e. The van der Waals surface area contributed by atoms with Crippen LogP contribution in [0.2, 0.25) is 0 Å². The number of carbonyl (C=O) groups is 3. The highest BCUT2D eigenvalue weighted by molar-refractivity contribution is 5.87. The summed E-state index contributed by atoms with van der Waals surface area (Å²) in [5.74, 6) is -64.9. The molecule has 0 spiro atoms. The highest BCUT2D eigenvalue weighted by Crippen LogP contribution is 2.64. The van der Waals surface area contributed by atoms with E-state index >= 15 is 0 Å². The number of rotatable bonds is 10. The molecule has 2 unspecified atom stereocenters. The molecule has 0 saturated heterocycles. The predicted molar refractivity (Wildman–Crippen MR) is 114 cm³/mol. The van der Waals surface area contributed by atoms with Crippen LogP contribution in [0, 0.1) is 17.8 Å². The Morgan fingerprint density at radius 3 is 1.19 bits per heavy atom. The standard InChI is InChI=1S/C24H18F18O6/c1-8(2)12(43)46-15-5-9-3-10(6-15)16(11(4-9)7-15,47-13(44)17(25,26)19(29,30)21(33,34)23(37,38)39)48-14(45)18(27,28)20(31,32)22(35,36)24(40,41)42/h9-11H,1,3-7H2,2H3. The summed E-state index contributed by atoms with van der Waals surface area (Å²) < 4.78 is 256. The molecule has 4 fully saturated rings. The van der Waals surface area contributed by atoms with Crippen molar-refractivity contribution in [3.8, 4) is 0 Å². The van der Waals surface area contributed by atoms with Gasteiger partial charge in [-0.2, -0.15) is 79.0 Å². The first-order valence-corrected chi connectivity index (χ1v) is 12.8. The second-order valence-electron chi connectivity index (χ2n) is 11.6. The molecule has 0 N–H and O–H groups in total. The fraction of sp³-hybridized carbons (Fsp3) is 0.792. The van der Waals surface area contributed by atoms with Gasteiger partial charge in [-0.1, -0.05) is 6.58 Å². The van der Waals surface area contributed by atoms with Crippen molar-refractivity contribution >= 4 is 17.9 Å². The average molecular weight is 744 g/mol. The number of esters is 3. The van der Waals surface area contributed by atoms with Gasteiger partial charge in [-0.15, -0.1) is 0 Å².